The van der Waals surface area contributed by atoms with Crippen molar-refractivity contribution in [2.24, 2.45) is 12.1 Å². The van der Waals surface area contributed by atoms with Crippen molar-refractivity contribution in [3.8, 4) is 11.3 Å². The highest BCUT2D eigenvalue weighted by Crippen LogP contribution is 2.18. The van der Waals surface area contributed by atoms with E-state index in [1.165, 1.54) is 11.3 Å². The highest BCUT2D eigenvalue weighted by atomic mass is 32.1. The zero-order chi connectivity index (χ0) is 14.7. The van der Waals surface area contributed by atoms with E-state index in [9.17, 15) is 0 Å². The molecule has 2 heterocycles. The van der Waals surface area contributed by atoms with Crippen molar-refractivity contribution in [3.05, 3.63) is 47.5 Å². The molecule has 106 valence electrons. The van der Waals surface area contributed by atoms with Gasteiger partial charge < -0.3 is 5.73 Å². The number of hydrogen-bond donors (Lipinski definition) is 2. The minimum absolute atomic E-state index is 0.495. The highest BCUT2D eigenvalue weighted by Gasteiger charge is 2.01. The maximum absolute atomic E-state index is 5.55. The standard InChI is InChI=1S/C14H14N6S/c1-20-6-5-12(19-20)11-4-2-3-10(7-11)8-16-18-14-17-13(15)9-21-14/h2-9H,15H2,1H3,(H,17,18). The fraction of sp³-hybridized carbons (Fsp3) is 0.0714. The molecule has 3 N–H and O–H groups in total. The molecule has 0 aliphatic heterocycles. The molecule has 7 heteroatoms. The number of benzene rings is 1. The molecule has 0 atom stereocenters. The van der Waals surface area contributed by atoms with Gasteiger partial charge in [-0.3, -0.25) is 10.1 Å². The second-order valence-electron chi connectivity index (χ2n) is 4.45. The molecule has 3 aromatic rings. The number of nitrogen functional groups attached to an aromatic ring is 1. The Balaban J connectivity index is 1.74. The summed E-state index contributed by atoms with van der Waals surface area (Å²) in [6.45, 7) is 0. The number of nitrogens with two attached hydrogens (primary N) is 1. The average molecular weight is 298 g/mol. The third-order valence-electron chi connectivity index (χ3n) is 2.79. The summed E-state index contributed by atoms with van der Waals surface area (Å²) in [7, 11) is 1.90. The number of hydrogen-bond acceptors (Lipinski definition) is 6. The van der Waals surface area contributed by atoms with Crippen LogP contribution in [0.3, 0.4) is 0 Å². The molecule has 1 aromatic carbocycles. The zero-order valence-corrected chi connectivity index (χ0v) is 12.2. The third-order valence-corrected chi connectivity index (χ3v) is 3.56. The van der Waals surface area contributed by atoms with Gasteiger partial charge in [0.1, 0.15) is 5.82 Å². The minimum Gasteiger partial charge on any atom is -0.383 e. The molecule has 0 saturated carbocycles. The minimum atomic E-state index is 0.495. The Morgan fingerprint density at radius 2 is 2.29 bits per heavy atom. The van der Waals surface area contributed by atoms with Gasteiger partial charge in [0.15, 0.2) is 0 Å². The fourth-order valence-electron chi connectivity index (χ4n) is 1.85. The van der Waals surface area contributed by atoms with Crippen molar-refractivity contribution in [2.45, 2.75) is 0 Å². The largest absolute Gasteiger partial charge is 0.383 e. The van der Waals surface area contributed by atoms with Crippen LogP contribution < -0.4 is 11.2 Å². The Labute approximate surface area is 125 Å². The van der Waals surface area contributed by atoms with Crippen LogP contribution in [0.2, 0.25) is 0 Å². The number of nitrogens with zero attached hydrogens (tertiary/aromatic N) is 4. The third kappa shape index (κ3) is 3.26. The van der Waals surface area contributed by atoms with Crippen molar-refractivity contribution in [1.29, 1.82) is 0 Å². The number of thiazole rings is 1. The summed E-state index contributed by atoms with van der Waals surface area (Å²) < 4.78 is 1.78. The molecule has 6 nitrogen and oxygen atoms in total. The topological polar surface area (TPSA) is 81.1 Å². The van der Waals surface area contributed by atoms with E-state index in [-0.39, 0.29) is 0 Å². The summed E-state index contributed by atoms with van der Waals surface area (Å²) in [4.78, 5) is 4.07. The Bertz CT molecular complexity index is 773. The normalized spacial score (nSPS) is 11.1. The van der Waals surface area contributed by atoms with E-state index in [0.29, 0.717) is 10.9 Å². The smallest absolute Gasteiger partial charge is 0.205 e. The van der Waals surface area contributed by atoms with Crippen LogP contribution in [-0.2, 0) is 7.05 Å². The number of rotatable bonds is 4. The summed E-state index contributed by atoms with van der Waals surface area (Å²) >= 11 is 1.41. The van der Waals surface area contributed by atoms with Crippen molar-refractivity contribution in [1.82, 2.24) is 14.8 Å². The number of aromatic nitrogens is 3. The van der Waals surface area contributed by atoms with E-state index in [2.05, 4.69) is 20.6 Å². The van der Waals surface area contributed by atoms with Crippen LogP contribution >= 0.6 is 11.3 Å². The average Bonchev–Trinajstić information content (AvgIpc) is 3.08. The van der Waals surface area contributed by atoms with Gasteiger partial charge in [-0.2, -0.15) is 10.2 Å². The van der Waals surface area contributed by atoms with Crippen LogP contribution in [-0.4, -0.2) is 21.0 Å². The van der Waals surface area contributed by atoms with Gasteiger partial charge in [-0.15, -0.1) is 11.3 Å². The lowest BCUT2D eigenvalue weighted by molar-refractivity contribution is 0.771. The Kier molecular flexibility index (Phi) is 3.65. The molecular weight excluding hydrogens is 284 g/mol. The summed E-state index contributed by atoms with van der Waals surface area (Å²) in [5.41, 5.74) is 11.4. The first-order valence-electron chi connectivity index (χ1n) is 6.31. The fourth-order valence-corrected chi connectivity index (χ4v) is 2.40. The highest BCUT2D eigenvalue weighted by molar-refractivity contribution is 7.14. The predicted octanol–water partition coefficient (Wildman–Crippen LogP) is 2.57. The molecule has 0 radical (unpaired) electrons. The van der Waals surface area contributed by atoms with Crippen LogP contribution in [0.25, 0.3) is 11.3 Å². The Morgan fingerprint density at radius 1 is 1.38 bits per heavy atom. The van der Waals surface area contributed by atoms with E-state index < -0.39 is 0 Å². The molecule has 0 unspecified atom stereocenters. The molecule has 3 rings (SSSR count). The molecule has 0 saturated heterocycles. The summed E-state index contributed by atoms with van der Waals surface area (Å²) in [5.74, 6) is 0.495. The van der Waals surface area contributed by atoms with E-state index in [0.717, 1.165) is 16.8 Å². The van der Waals surface area contributed by atoms with E-state index >= 15 is 0 Å². The van der Waals surface area contributed by atoms with Gasteiger partial charge in [-0.1, -0.05) is 18.2 Å². The lowest BCUT2D eigenvalue weighted by atomic mass is 10.1. The van der Waals surface area contributed by atoms with Crippen LogP contribution in [0, 0.1) is 0 Å². The van der Waals surface area contributed by atoms with Gasteiger partial charge in [0.2, 0.25) is 5.13 Å². The number of hydrazone groups is 1. The second kappa shape index (κ2) is 5.76. The molecule has 0 fully saturated rings. The van der Waals surface area contributed by atoms with E-state index in [1.807, 2.05) is 43.6 Å². The van der Waals surface area contributed by atoms with Gasteiger partial charge in [-0.05, 0) is 17.7 Å². The van der Waals surface area contributed by atoms with Gasteiger partial charge in [0.05, 0.1) is 11.9 Å². The summed E-state index contributed by atoms with van der Waals surface area (Å²) in [6, 6.07) is 9.99. The lowest BCUT2D eigenvalue weighted by Crippen LogP contribution is -1.92. The molecule has 0 spiro atoms. The van der Waals surface area contributed by atoms with E-state index in [4.69, 9.17) is 5.73 Å². The van der Waals surface area contributed by atoms with Gasteiger partial charge in [0.25, 0.3) is 0 Å². The van der Waals surface area contributed by atoms with Crippen molar-refractivity contribution >= 4 is 28.5 Å². The second-order valence-corrected chi connectivity index (χ2v) is 5.31. The van der Waals surface area contributed by atoms with Crippen molar-refractivity contribution < 1.29 is 0 Å². The van der Waals surface area contributed by atoms with Gasteiger partial charge in [-0.25, -0.2) is 4.98 Å². The lowest BCUT2D eigenvalue weighted by Gasteiger charge is -1.99. The molecule has 21 heavy (non-hydrogen) atoms. The predicted molar refractivity (Wildman–Crippen MR) is 86.4 cm³/mol. The Hall–Kier alpha value is -2.67. The maximum Gasteiger partial charge on any atom is 0.205 e. The maximum atomic E-state index is 5.55. The molecular formula is C14H14N6S. The molecule has 0 bridgehead atoms. The van der Waals surface area contributed by atoms with Gasteiger partial charge in [0, 0.05) is 24.2 Å². The number of nitrogens with one attached hydrogen (secondary N) is 1. The van der Waals surface area contributed by atoms with Crippen LogP contribution in [0.1, 0.15) is 5.56 Å². The summed E-state index contributed by atoms with van der Waals surface area (Å²) in [6.07, 6.45) is 3.66. The monoisotopic (exact) mass is 298 g/mol. The summed E-state index contributed by atoms with van der Waals surface area (Å²) in [5, 5.41) is 11.0. The molecule has 2 aromatic heterocycles. The van der Waals surface area contributed by atoms with Crippen molar-refractivity contribution in [2.75, 3.05) is 11.2 Å². The van der Waals surface area contributed by atoms with Crippen LogP contribution in [0.15, 0.2) is 47.0 Å². The molecule has 0 amide bonds. The quantitative estimate of drug-likeness (QED) is 0.573. The first kappa shape index (κ1) is 13.3. The number of anilines is 2. The Morgan fingerprint density at radius 3 is 3.00 bits per heavy atom. The van der Waals surface area contributed by atoms with Crippen molar-refractivity contribution in [3.63, 3.8) is 0 Å². The van der Waals surface area contributed by atoms with Crippen LogP contribution in [0.4, 0.5) is 10.9 Å². The van der Waals surface area contributed by atoms with Gasteiger partial charge >= 0.3 is 0 Å². The number of aryl methyl sites for hydroxylation is 1. The molecule has 0 aliphatic rings. The first-order chi connectivity index (χ1) is 10.2. The van der Waals surface area contributed by atoms with Crippen LogP contribution in [0.5, 0.6) is 0 Å². The first-order valence-corrected chi connectivity index (χ1v) is 7.19. The molecule has 0 aliphatic carbocycles. The zero-order valence-electron chi connectivity index (χ0n) is 11.4. The SMILES string of the molecule is Cn1ccc(-c2cccc(C=NNc3nc(N)cs3)c2)n1. The van der Waals surface area contributed by atoms with E-state index in [1.54, 1.807) is 16.3 Å².